The Labute approximate surface area is 111 Å². The van der Waals surface area contributed by atoms with E-state index in [1.165, 1.54) is 7.05 Å². The Balaban J connectivity index is 1.91. The number of hydrogen-bond acceptors (Lipinski definition) is 5. The van der Waals surface area contributed by atoms with Crippen molar-refractivity contribution in [3.05, 3.63) is 11.9 Å². The lowest BCUT2D eigenvalue weighted by molar-refractivity contribution is 0.0951. The van der Waals surface area contributed by atoms with Gasteiger partial charge in [-0.1, -0.05) is 0 Å². The van der Waals surface area contributed by atoms with Crippen molar-refractivity contribution in [2.45, 2.75) is 13.0 Å². The van der Waals surface area contributed by atoms with Crippen LogP contribution in [0.15, 0.2) is 6.20 Å². The van der Waals surface area contributed by atoms with Gasteiger partial charge in [0.1, 0.15) is 5.69 Å². The van der Waals surface area contributed by atoms with Crippen molar-refractivity contribution in [3.8, 4) is 0 Å². The fraction of sp³-hybridized carbons (Fsp3) is 0.600. The van der Waals surface area contributed by atoms with Gasteiger partial charge in [-0.25, -0.2) is 18.1 Å². The third-order valence-corrected chi connectivity index (χ3v) is 4.20. The Kier molecular flexibility index (Phi) is 4.05. The first kappa shape index (κ1) is 13.8. The zero-order valence-electron chi connectivity index (χ0n) is 10.6. The summed E-state index contributed by atoms with van der Waals surface area (Å²) in [7, 11) is -1.96. The molecule has 0 radical (unpaired) electrons. The Morgan fingerprint density at radius 1 is 1.58 bits per heavy atom. The molecule has 9 heteroatoms. The average molecular weight is 287 g/mol. The van der Waals surface area contributed by atoms with Crippen LogP contribution in [0.2, 0.25) is 0 Å². The van der Waals surface area contributed by atoms with Crippen LogP contribution in [0.4, 0.5) is 5.95 Å². The van der Waals surface area contributed by atoms with Crippen molar-refractivity contribution >= 4 is 21.9 Å². The summed E-state index contributed by atoms with van der Waals surface area (Å²) in [4.78, 5) is 16.0. The minimum absolute atomic E-state index is 0.0532. The van der Waals surface area contributed by atoms with Gasteiger partial charge in [0.25, 0.3) is 5.91 Å². The van der Waals surface area contributed by atoms with Crippen molar-refractivity contribution in [1.29, 1.82) is 0 Å². The van der Waals surface area contributed by atoms with Gasteiger partial charge in [-0.3, -0.25) is 4.79 Å². The molecule has 2 heterocycles. The summed E-state index contributed by atoms with van der Waals surface area (Å²) in [5.41, 5.74) is 0.297. The second-order valence-electron chi connectivity index (χ2n) is 4.20. The number of anilines is 1. The molecule has 1 amide bonds. The summed E-state index contributed by atoms with van der Waals surface area (Å²) in [6.45, 7) is 1.73. The molecule has 0 fully saturated rings. The molecule has 0 aliphatic carbocycles. The first-order valence-corrected chi connectivity index (χ1v) is 7.67. The minimum Gasteiger partial charge on any atom is -0.356 e. The molecule has 0 spiro atoms. The molecule has 0 unspecified atom stereocenters. The molecule has 0 atom stereocenters. The van der Waals surface area contributed by atoms with E-state index < -0.39 is 10.0 Å². The molecule has 1 aliphatic heterocycles. The smallest absolute Gasteiger partial charge is 0.271 e. The van der Waals surface area contributed by atoms with E-state index >= 15 is 0 Å². The van der Waals surface area contributed by atoms with Crippen LogP contribution in [0, 0.1) is 0 Å². The molecule has 1 aliphatic rings. The normalized spacial score (nSPS) is 14.6. The molecule has 0 aromatic carbocycles. The van der Waals surface area contributed by atoms with E-state index in [4.69, 9.17) is 0 Å². The fourth-order valence-electron chi connectivity index (χ4n) is 1.78. The Bertz CT molecular complexity index is 542. The first-order chi connectivity index (χ1) is 9.02. The zero-order chi connectivity index (χ0) is 13.9. The van der Waals surface area contributed by atoms with E-state index in [1.807, 2.05) is 4.57 Å². The summed E-state index contributed by atoms with van der Waals surface area (Å²) in [5, 5.41) is 5.63. The fourth-order valence-corrected chi connectivity index (χ4v) is 2.35. The number of amides is 1. The number of fused-ring (bicyclic) bond motifs is 1. The maximum Gasteiger partial charge on any atom is 0.271 e. The third-order valence-electron chi connectivity index (χ3n) is 2.84. The molecule has 2 rings (SSSR count). The van der Waals surface area contributed by atoms with E-state index in [-0.39, 0.29) is 18.2 Å². The molecular weight excluding hydrogens is 270 g/mol. The van der Waals surface area contributed by atoms with Crippen molar-refractivity contribution < 1.29 is 13.2 Å². The number of rotatable bonds is 5. The summed E-state index contributed by atoms with van der Waals surface area (Å²) >= 11 is 0. The lowest BCUT2D eigenvalue weighted by Gasteiger charge is -2.14. The molecule has 0 saturated carbocycles. The van der Waals surface area contributed by atoms with Crippen LogP contribution in [0.25, 0.3) is 0 Å². The Morgan fingerprint density at radius 2 is 2.37 bits per heavy atom. The van der Waals surface area contributed by atoms with E-state index in [1.54, 1.807) is 6.20 Å². The zero-order valence-corrected chi connectivity index (χ0v) is 11.5. The number of imidazole rings is 1. The number of carbonyl (C=O) groups excluding carboxylic acids is 1. The van der Waals surface area contributed by atoms with E-state index in [9.17, 15) is 13.2 Å². The minimum atomic E-state index is -3.30. The van der Waals surface area contributed by atoms with Gasteiger partial charge in [0, 0.05) is 25.8 Å². The Hall–Kier alpha value is -1.61. The maximum absolute atomic E-state index is 11.8. The van der Waals surface area contributed by atoms with E-state index in [0.717, 1.165) is 19.5 Å². The number of aryl methyl sites for hydroxylation is 1. The predicted molar refractivity (Wildman–Crippen MR) is 70.5 cm³/mol. The predicted octanol–water partition coefficient (Wildman–Crippen LogP) is -1.02. The third kappa shape index (κ3) is 3.44. The quantitative estimate of drug-likeness (QED) is 0.643. The highest BCUT2D eigenvalue weighted by atomic mass is 32.2. The lowest BCUT2D eigenvalue weighted by Crippen LogP contribution is -2.33. The first-order valence-electron chi connectivity index (χ1n) is 6.02. The van der Waals surface area contributed by atoms with E-state index in [0.29, 0.717) is 11.6 Å². The van der Waals surface area contributed by atoms with Crippen molar-refractivity contribution in [2.24, 2.45) is 0 Å². The molecule has 1 aromatic heterocycles. The number of hydrogen-bond donors (Lipinski definition) is 3. The molecular formula is C10H17N5O3S. The molecule has 8 nitrogen and oxygen atoms in total. The highest BCUT2D eigenvalue weighted by molar-refractivity contribution is 7.89. The maximum atomic E-state index is 11.8. The van der Waals surface area contributed by atoms with Gasteiger partial charge in [0.2, 0.25) is 16.0 Å². The van der Waals surface area contributed by atoms with E-state index in [2.05, 4.69) is 20.3 Å². The SMILES string of the molecule is CNS(=O)(=O)CCNC(=O)c1cn2c(n1)NCCC2. The van der Waals surface area contributed by atoms with Crippen LogP contribution in [-0.4, -0.2) is 49.8 Å². The summed E-state index contributed by atoms with van der Waals surface area (Å²) in [5.74, 6) is 0.162. The topological polar surface area (TPSA) is 105 Å². The largest absolute Gasteiger partial charge is 0.356 e. The van der Waals surface area contributed by atoms with Gasteiger partial charge in [0.05, 0.1) is 5.75 Å². The molecule has 106 valence electrons. The van der Waals surface area contributed by atoms with Gasteiger partial charge in [-0.2, -0.15) is 0 Å². The van der Waals surface area contributed by atoms with Crippen LogP contribution < -0.4 is 15.4 Å². The highest BCUT2D eigenvalue weighted by Crippen LogP contribution is 2.13. The van der Waals surface area contributed by atoms with Gasteiger partial charge < -0.3 is 15.2 Å². The number of carbonyl (C=O) groups is 1. The summed E-state index contributed by atoms with van der Waals surface area (Å²) in [6.07, 6.45) is 2.66. The summed E-state index contributed by atoms with van der Waals surface area (Å²) in [6, 6.07) is 0. The highest BCUT2D eigenvalue weighted by Gasteiger charge is 2.16. The van der Waals surface area contributed by atoms with Gasteiger partial charge in [-0.05, 0) is 13.5 Å². The molecule has 19 heavy (non-hydrogen) atoms. The molecule has 1 aromatic rings. The summed E-state index contributed by atoms with van der Waals surface area (Å²) < 4.78 is 26.4. The molecule has 0 bridgehead atoms. The van der Waals surface area contributed by atoms with Crippen LogP contribution in [0.5, 0.6) is 0 Å². The average Bonchev–Trinajstić information content (AvgIpc) is 2.82. The lowest BCUT2D eigenvalue weighted by atomic mass is 10.4. The second-order valence-corrected chi connectivity index (χ2v) is 6.25. The van der Waals surface area contributed by atoms with Gasteiger partial charge in [0.15, 0.2) is 0 Å². The van der Waals surface area contributed by atoms with Crippen molar-refractivity contribution in [3.63, 3.8) is 0 Å². The monoisotopic (exact) mass is 287 g/mol. The number of aromatic nitrogens is 2. The van der Waals surface area contributed by atoms with Crippen LogP contribution >= 0.6 is 0 Å². The van der Waals surface area contributed by atoms with Crippen LogP contribution in [0.1, 0.15) is 16.9 Å². The number of nitrogens with one attached hydrogen (secondary N) is 3. The number of sulfonamides is 1. The van der Waals surface area contributed by atoms with Gasteiger partial charge >= 0.3 is 0 Å². The molecule has 3 N–H and O–H groups in total. The number of nitrogens with zero attached hydrogens (tertiary/aromatic N) is 2. The van der Waals surface area contributed by atoms with Crippen molar-refractivity contribution in [2.75, 3.05) is 31.2 Å². The van der Waals surface area contributed by atoms with Crippen LogP contribution in [0.3, 0.4) is 0 Å². The van der Waals surface area contributed by atoms with Gasteiger partial charge in [-0.15, -0.1) is 0 Å². The Morgan fingerprint density at radius 3 is 3.05 bits per heavy atom. The van der Waals surface area contributed by atoms with Crippen LogP contribution in [-0.2, 0) is 16.6 Å². The van der Waals surface area contributed by atoms with Crippen molar-refractivity contribution in [1.82, 2.24) is 19.6 Å². The second kappa shape index (κ2) is 5.57. The molecule has 0 saturated heterocycles. The standard InChI is InChI=1S/C10H17N5O3S/c1-11-19(17,18)6-4-12-9(16)8-7-15-5-2-3-13-10(15)14-8/h7,11H,2-6H2,1H3,(H,12,16)(H,13,14).